The fourth-order valence-corrected chi connectivity index (χ4v) is 4.39. The number of methoxy groups -OCH3 is 1. The zero-order chi connectivity index (χ0) is 27.2. The number of imidazole rings is 1. The molecule has 0 saturated heterocycles. The first-order valence-corrected chi connectivity index (χ1v) is 13.1. The van der Waals surface area contributed by atoms with Crippen LogP contribution in [0, 0.1) is 5.92 Å². The van der Waals surface area contributed by atoms with Gasteiger partial charge in [-0.2, -0.15) is 0 Å². The summed E-state index contributed by atoms with van der Waals surface area (Å²) in [5.74, 6) is 1.70. The van der Waals surface area contributed by atoms with Crippen LogP contribution in [0.1, 0.15) is 30.1 Å². The molecule has 39 heavy (non-hydrogen) atoms. The Morgan fingerprint density at radius 3 is 2.46 bits per heavy atom. The van der Waals surface area contributed by atoms with Crippen molar-refractivity contribution in [3.63, 3.8) is 0 Å². The lowest BCUT2D eigenvalue weighted by Crippen LogP contribution is -2.39. The van der Waals surface area contributed by atoms with E-state index in [-0.39, 0.29) is 18.4 Å². The average molecular weight is 525 g/mol. The second-order valence-corrected chi connectivity index (χ2v) is 9.52. The molecule has 2 amide bonds. The SMILES string of the molecule is CCOc1cccc(-n2cc(-c3ccccc3)nc2NC(=O)CN(CC2CC2)C(=O)c2ccc(OC)cc2)c1. The van der Waals surface area contributed by atoms with Crippen LogP contribution in [0.2, 0.25) is 0 Å². The smallest absolute Gasteiger partial charge is 0.254 e. The first-order chi connectivity index (χ1) is 19.0. The molecule has 0 aliphatic heterocycles. The Kier molecular flexibility index (Phi) is 7.91. The van der Waals surface area contributed by atoms with Crippen molar-refractivity contribution in [1.29, 1.82) is 0 Å². The minimum Gasteiger partial charge on any atom is -0.497 e. The summed E-state index contributed by atoms with van der Waals surface area (Å²) in [7, 11) is 1.58. The van der Waals surface area contributed by atoms with E-state index in [2.05, 4.69) is 5.32 Å². The number of amides is 2. The number of aromatic nitrogens is 2. The van der Waals surface area contributed by atoms with Crippen molar-refractivity contribution in [2.45, 2.75) is 19.8 Å². The normalized spacial score (nSPS) is 12.6. The minimum atomic E-state index is -0.315. The van der Waals surface area contributed by atoms with Crippen LogP contribution < -0.4 is 14.8 Å². The lowest BCUT2D eigenvalue weighted by molar-refractivity contribution is -0.117. The second kappa shape index (κ2) is 11.9. The molecule has 1 aromatic heterocycles. The maximum Gasteiger partial charge on any atom is 0.254 e. The van der Waals surface area contributed by atoms with Gasteiger partial charge in [0.25, 0.3) is 5.91 Å². The van der Waals surface area contributed by atoms with E-state index in [0.29, 0.717) is 36.3 Å². The van der Waals surface area contributed by atoms with Gasteiger partial charge < -0.3 is 14.4 Å². The third-order valence-electron chi connectivity index (χ3n) is 6.57. The lowest BCUT2D eigenvalue weighted by atomic mass is 10.2. The molecule has 8 heteroatoms. The number of nitrogens with zero attached hydrogens (tertiary/aromatic N) is 3. The van der Waals surface area contributed by atoms with Crippen LogP contribution in [0.15, 0.2) is 85.1 Å². The van der Waals surface area contributed by atoms with Crippen LogP contribution in [0.4, 0.5) is 5.95 Å². The van der Waals surface area contributed by atoms with Crippen molar-refractivity contribution in [3.8, 4) is 28.4 Å². The molecule has 1 aliphatic carbocycles. The molecule has 0 radical (unpaired) electrons. The van der Waals surface area contributed by atoms with Gasteiger partial charge in [-0.25, -0.2) is 4.98 Å². The number of rotatable bonds is 11. The van der Waals surface area contributed by atoms with Gasteiger partial charge in [0.2, 0.25) is 11.9 Å². The molecule has 1 fully saturated rings. The molecule has 1 N–H and O–H groups in total. The molecule has 1 heterocycles. The highest BCUT2D eigenvalue weighted by molar-refractivity contribution is 5.99. The Hall–Kier alpha value is -4.59. The van der Waals surface area contributed by atoms with E-state index in [4.69, 9.17) is 14.5 Å². The molecule has 1 aliphatic rings. The van der Waals surface area contributed by atoms with E-state index < -0.39 is 0 Å². The first-order valence-electron chi connectivity index (χ1n) is 13.1. The fraction of sp³-hybridized carbons (Fsp3) is 0.258. The summed E-state index contributed by atoms with van der Waals surface area (Å²) in [5, 5.41) is 2.96. The van der Waals surface area contributed by atoms with Crippen molar-refractivity contribution in [2.24, 2.45) is 5.92 Å². The predicted molar refractivity (Wildman–Crippen MR) is 150 cm³/mol. The van der Waals surface area contributed by atoms with Crippen molar-refractivity contribution >= 4 is 17.8 Å². The number of anilines is 1. The van der Waals surface area contributed by atoms with Gasteiger partial charge in [-0.1, -0.05) is 36.4 Å². The summed E-state index contributed by atoms with van der Waals surface area (Å²) < 4.78 is 12.7. The van der Waals surface area contributed by atoms with E-state index >= 15 is 0 Å². The molecule has 8 nitrogen and oxygen atoms in total. The highest BCUT2D eigenvalue weighted by Crippen LogP contribution is 2.30. The van der Waals surface area contributed by atoms with Crippen LogP contribution in [0.5, 0.6) is 11.5 Å². The first kappa shape index (κ1) is 26.0. The molecular formula is C31H32N4O4. The monoisotopic (exact) mass is 524 g/mol. The number of benzene rings is 3. The maximum absolute atomic E-state index is 13.4. The van der Waals surface area contributed by atoms with Crippen LogP contribution >= 0.6 is 0 Å². The standard InChI is InChI=1S/C31H32N4O4/c1-3-39-27-11-7-10-25(18-27)35-20-28(23-8-5-4-6-9-23)32-31(35)33-29(36)21-34(19-22-12-13-22)30(37)24-14-16-26(38-2)17-15-24/h4-11,14-18,20,22H,3,12-13,19,21H2,1-2H3,(H,32,33,36). The van der Waals surface area contributed by atoms with Crippen molar-refractivity contribution < 1.29 is 19.1 Å². The maximum atomic E-state index is 13.4. The van der Waals surface area contributed by atoms with Crippen molar-refractivity contribution in [3.05, 3.63) is 90.6 Å². The van der Waals surface area contributed by atoms with Gasteiger partial charge in [0.15, 0.2) is 0 Å². The summed E-state index contributed by atoms with van der Waals surface area (Å²) in [6.07, 6.45) is 4.02. The molecule has 4 aromatic rings. The zero-order valence-corrected chi connectivity index (χ0v) is 22.2. The summed E-state index contributed by atoms with van der Waals surface area (Å²) in [6.45, 7) is 2.95. The Balaban J connectivity index is 1.40. The molecule has 3 aromatic carbocycles. The Bertz CT molecular complexity index is 1430. The molecular weight excluding hydrogens is 492 g/mol. The van der Waals surface area contributed by atoms with Gasteiger partial charge in [0.05, 0.1) is 25.1 Å². The summed E-state index contributed by atoms with van der Waals surface area (Å²) in [5.41, 5.74) is 2.97. The Morgan fingerprint density at radius 1 is 1.00 bits per heavy atom. The van der Waals surface area contributed by atoms with E-state index in [0.717, 1.165) is 35.5 Å². The molecule has 5 rings (SSSR count). The number of hydrogen-bond donors (Lipinski definition) is 1. The number of ether oxygens (including phenoxy) is 2. The van der Waals surface area contributed by atoms with Crippen molar-refractivity contribution in [2.75, 3.05) is 32.1 Å². The van der Waals surface area contributed by atoms with Gasteiger partial charge >= 0.3 is 0 Å². The van der Waals surface area contributed by atoms with Gasteiger partial charge in [0, 0.05) is 29.9 Å². The van der Waals surface area contributed by atoms with Gasteiger partial charge in [-0.3, -0.25) is 19.5 Å². The highest BCUT2D eigenvalue weighted by Gasteiger charge is 2.29. The summed E-state index contributed by atoms with van der Waals surface area (Å²) in [4.78, 5) is 33.1. The molecule has 0 spiro atoms. The van der Waals surface area contributed by atoms with Gasteiger partial charge in [-0.05, 0) is 62.1 Å². The summed E-state index contributed by atoms with van der Waals surface area (Å²) >= 11 is 0. The predicted octanol–water partition coefficient (Wildman–Crippen LogP) is 5.44. The van der Waals surface area contributed by atoms with E-state index in [9.17, 15) is 9.59 Å². The third-order valence-corrected chi connectivity index (χ3v) is 6.57. The number of nitrogens with one attached hydrogen (secondary N) is 1. The molecule has 1 saturated carbocycles. The third kappa shape index (κ3) is 6.46. The highest BCUT2D eigenvalue weighted by atomic mass is 16.5. The minimum absolute atomic E-state index is 0.0755. The fourth-order valence-electron chi connectivity index (χ4n) is 4.39. The van der Waals surface area contributed by atoms with Gasteiger partial charge in [0.1, 0.15) is 18.0 Å². The van der Waals surface area contributed by atoms with Crippen LogP contribution in [-0.4, -0.2) is 53.1 Å². The summed E-state index contributed by atoms with van der Waals surface area (Å²) in [6, 6.07) is 24.4. The average Bonchev–Trinajstić information content (AvgIpc) is 3.69. The van der Waals surface area contributed by atoms with Crippen LogP contribution in [-0.2, 0) is 4.79 Å². The van der Waals surface area contributed by atoms with Gasteiger partial charge in [-0.15, -0.1) is 0 Å². The van der Waals surface area contributed by atoms with E-state index in [1.807, 2.05) is 72.3 Å². The number of carbonyl (C=O) groups is 2. The Morgan fingerprint density at radius 2 is 1.77 bits per heavy atom. The van der Waals surface area contributed by atoms with Crippen LogP contribution in [0.3, 0.4) is 0 Å². The molecule has 0 bridgehead atoms. The van der Waals surface area contributed by atoms with Crippen LogP contribution in [0.25, 0.3) is 16.9 Å². The number of carbonyl (C=O) groups excluding carboxylic acids is 2. The molecule has 200 valence electrons. The molecule has 0 atom stereocenters. The van der Waals surface area contributed by atoms with E-state index in [1.165, 1.54) is 0 Å². The zero-order valence-electron chi connectivity index (χ0n) is 22.2. The second-order valence-electron chi connectivity index (χ2n) is 9.52. The lowest BCUT2D eigenvalue weighted by Gasteiger charge is -2.22. The quantitative estimate of drug-likeness (QED) is 0.283. The number of hydrogen-bond acceptors (Lipinski definition) is 5. The van der Waals surface area contributed by atoms with E-state index in [1.54, 1.807) is 36.3 Å². The topological polar surface area (TPSA) is 85.7 Å². The molecule has 0 unspecified atom stereocenters. The van der Waals surface area contributed by atoms with Crippen molar-refractivity contribution in [1.82, 2.24) is 14.5 Å². The Labute approximate surface area is 228 Å². The largest absolute Gasteiger partial charge is 0.497 e.